The van der Waals surface area contributed by atoms with Crippen molar-refractivity contribution in [2.24, 2.45) is 0 Å². The van der Waals surface area contributed by atoms with Gasteiger partial charge in [-0.25, -0.2) is 0 Å². The van der Waals surface area contributed by atoms with E-state index in [9.17, 15) is 4.79 Å². The van der Waals surface area contributed by atoms with E-state index in [0.29, 0.717) is 6.54 Å². The second kappa shape index (κ2) is 6.34. The van der Waals surface area contributed by atoms with Crippen molar-refractivity contribution >= 4 is 27.5 Å². The summed E-state index contributed by atoms with van der Waals surface area (Å²) in [4.78, 5) is 14.1. The Morgan fingerprint density at radius 2 is 2.11 bits per heavy atom. The number of benzene rings is 1. The van der Waals surface area contributed by atoms with Crippen molar-refractivity contribution in [1.82, 2.24) is 4.90 Å². The molecule has 0 aromatic heterocycles. The normalized spacial score (nSPS) is 15.9. The van der Waals surface area contributed by atoms with Gasteiger partial charge >= 0.3 is 0 Å². The number of likely N-dealkylation sites (tertiary alicyclic amines) is 1. The summed E-state index contributed by atoms with van der Waals surface area (Å²) >= 11 is 3.52. The molecule has 1 aliphatic heterocycles. The highest BCUT2D eigenvalue weighted by atomic mass is 79.9. The van der Waals surface area contributed by atoms with Crippen molar-refractivity contribution < 1.29 is 4.79 Å². The van der Waals surface area contributed by atoms with Gasteiger partial charge in [-0.15, -0.1) is 0 Å². The number of rotatable bonds is 4. The van der Waals surface area contributed by atoms with Gasteiger partial charge in [0.05, 0.1) is 6.54 Å². The van der Waals surface area contributed by atoms with E-state index in [2.05, 4.69) is 39.1 Å². The van der Waals surface area contributed by atoms with Gasteiger partial charge in [-0.3, -0.25) is 9.69 Å². The third kappa shape index (κ3) is 3.56. The van der Waals surface area contributed by atoms with Crippen molar-refractivity contribution in [2.75, 3.05) is 25.0 Å². The number of nitrogens with zero attached hydrogens (tertiary/aromatic N) is 1. The molecule has 1 N–H and O–H groups in total. The third-order valence-corrected chi connectivity index (χ3v) is 4.02. The molecule has 0 aliphatic carbocycles. The molecule has 1 aliphatic rings. The number of nitrogens with one attached hydrogen (secondary N) is 1. The molecule has 0 spiro atoms. The molecule has 3 nitrogen and oxygen atoms in total. The SMILES string of the molecule is CCc1ccc(NC(=O)CN2CCCC2)cc1Br. The van der Waals surface area contributed by atoms with Gasteiger partial charge in [0.1, 0.15) is 0 Å². The van der Waals surface area contributed by atoms with Gasteiger partial charge in [0.15, 0.2) is 0 Å². The maximum atomic E-state index is 11.9. The topological polar surface area (TPSA) is 32.3 Å². The number of amides is 1. The number of carbonyl (C=O) groups is 1. The highest BCUT2D eigenvalue weighted by Gasteiger charge is 2.15. The standard InChI is InChI=1S/C14H19BrN2O/c1-2-11-5-6-12(9-13(11)15)16-14(18)10-17-7-3-4-8-17/h5-6,9H,2-4,7-8,10H2,1H3,(H,16,18). The predicted octanol–water partition coefficient (Wildman–Crippen LogP) is 3.05. The fraction of sp³-hybridized carbons (Fsp3) is 0.500. The van der Waals surface area contributed by atoms with Crippen LogP contribution >= 0.6 is 15.9 Å². The van der Waals surface area contributed by atoms with Crippen molar-refractivity contribution in [1.29, 1.82) is 0 Å². The molecule has 1 amide bonds. The Balaban J connectivity index is 1.92. The van der Waals surface area contributed by atoms with E-state index in [1.807, 2.05) is 12.1 Å². The van der Waals surface area contributed by atoms with Gasteiger partial charge in [-0.2, -0.15) is 0 Å². The zero-order valence-electron chi connectivity index (χ0n) is 10.7. The van der Waals surface area contributed by atoms with E-state index in [1.165, 1.54) is 18.4 Å². The second-order valence-electron chi connectivity index (χ2n) is 4.69. The van der Waals surface area contributed by atoms with E-state index in [1.54, 1.807) is 0 Å². The van der Waals surface area contributed by atoms with Crippen molar-refractivity contribution in [3.8, 4) is 0 Å². The molecule has 4 heteroatoms. The zero-order valence-corrected chi connectivity index (χ0v) is 12.3. The minimum absolute atomic E-state index is 0.0769. The van der Waals surface area contributed by atoms with Crippen LogP contribution in [0.1, 0.15) is 25.3 Å². The summed E-state index contributed by atoms with van der Waals surface area (Å²) in [6, 6.07) is 5.99. The van der Waals surface area contributed by atoms with Crippen molar-refractivity contribution in [3.05, 3.63) is 28.2 Å². The molecule has 0 saturated carbocycles. The van der Waals surface area contributed by atoms with Gasteiger partial charge in [-0.05, 0) is 50.0 Å². The number of anilines is 1. The lowest BCUT2D eigenvalue weighted by atomic mass is 10.1. The molecule has 1 aromatic rings. The lowest BCUT2D eigenvalue weighted by molar-refractivity contribution is -0.117. The second-order valence-corrected chi connectivity index (χ2v) is 5.55. The van der Waals surface area contributed by atoms with E-state index in [-0.39, 0.29) is 5.91 Å². The summed E-state index contributed by atoms with van der Waals surface area (Å²) in [5, 5.41) is 2.95. The maximum Gasteiger partial charge on any atom is 0.238 e. The molecule has 0 unspecified atom stereocenters. The zero-order chi connectivity index (χ0) is 13.0. The average Bonchev–Trinajstić information content (AvgIpc) is 2.82. The molecular formula is C14H19BrN2O. The predicted molar refractivity (Wildman–Crippen MR) is 77.8 cm³/mol. The number of carbonyl (C=O) groups excluding carboxylic acids is 1. The van der Waals surface area contributed by atoms with Crippen LogP contribution in [0, 0.1) is 0 Å². The van der Waals surface area contributed by atoms with Crippen molar-refractivity contribution in [2.45, 2.75) is 26.2 Å². The molecular weight excluding hydrogens is 292 g/mol. The summed E-state index contributed by atoms with van der Waals surface area (Å²) in [5.41, 5.74) is 2.12. The van der Waals surface area contributed by atoms with Gasteiger partial charge in [0.2, 0.25) is 5.91 Å². The average molecular weight is 311 g/mol. The third-order valence-electron chi connectivity index (χ3n) is 3.28. The van der Waals surface area contributed by atoms with Crippen LogP contribution in [0.2, 0.25) is 0 Å². The molecule has 1 heterocycles. The van der Waals surface area contributed by atoms with Crippen LogP contribution in [0.4, 0.5) is 5.69 Å². The van der Waals surface area contributed by atoms with Crippen LogP contribution in [-0.4, -0.2) is 30.4 Å². The van der Waals surface area contributed by atoms with Crippen LogP contribution in [0.25, 0.3) is 0 Å². The highest BCUT2D eigenvalue weighted by molar-refractivity contribution is 9.10. The number of hydrogen-bond donors (Lipinski definition) is 1. The quantitative estimate of drug-likeness (QED) is 0.927. The molecule has 1 aromatic carbocycles. The van der Waals surface area contributed by atoms with E-state index in [0.717, 1.165) is 29.7 Å². The monoisotopic (exact) mass is 310 g/mol. The molecule has 2 rings (SSSR count). The molecule has 1 saturated heterocycles. The molecule has 0 atom stereocenters. The largest absolute Gasteiger partial charge is 0.325 e. The molecule has 0 radical (unpaired) electrons. The van der Waals surface area contributed by atoms with Crippen LogP contribution in [0.15, 0.2) is 22.7 Å². The fourth-order valence-corrected chi connectivity index (χ4v) is 2.92. The summed E-state index contributed by atoms with van der Waals surface area (Å²) in [5.74, 6) is 0.0769. The Labute approximate surface area is 117 Å². The lowest BCUT2D eigenvalue weighted by Gasteiger charge is -2.14. The Morgan fingerprint density at radius 3 is 2.72 bits per heavy atom. The Hall–Kier alpha value is -0.870. The minimum Gasteiger partial charge on any atom is -0.325 e. The Kier molecular flexibility index (Phi) is 4.78. The highest BCUT2D eigenvalue weighted by Crippen LogP contribution is 2.22. The Bertz CT molecular complexity index is 428. The van der Waals surface area contributed by atoms with Gasteiger partial charge in [0, 0.05) is 10.2 Å². The fourth-order valence-electron chi connectivity index (χ4n) is 2.26. The van der Waals surface area contributed by atoms with Crippen LogP contribution in [0.3, 0.4) is 0 Å². The molecule has 98 valence electrons. The summed E-state index contributed by atoms with van der Waals surface area (Å²) in [6.45, 7) is 4.72. The van der Waals surface area contributed by atoms with Crippen molar-refractivity contribution in [3.63, 3.8) is 0 Å². The first kappa shape index (κ1) is 13.6. The van der Waals surface area contributed by atoms with Crippen LogP contribution < -0.4 is 5.32 Å². The van der Waals surface area contributed by atoms with E-state index < -0.39 is 0 Å². The summed E-state index contributed by atoms with van der Waals surface area (Å²) in [6.07, 6.45) is 3.41. The first-order valence-electron chi connectivity index (χ1n) is 6.49. The van der Waals surface area contributed by atoms with Crippen LogP contribution in [0.5, 0.6) is 0 Å². The minimum atomic E-state index is 0.0769. The molecule has 1 fully saturated rings. The van der Waals surface area contributed by atoms with Gasteiger partial charge in [-0.1, -0.05) is 28.9 Å². The first-order chi connectivity index (χ1) is 8.69. The maximum absolute atomic E-state index is 11.9. The summed E-state index contributed by atoms with van der Waals surface area (Å²) in [7, 11) is 0. The molecule has 0 bridgehead atoms. The number of hydrogen-bond acceptors (Lipinski definition) is 2. The molecule has 18 heavy (non-hydrogen) atoms. The van der Waals surface area contributed by atoms with E-state index in [4.69, 9.17) is 0 Å². The number of halogens is 1. The lowest BCUT2D eigenvalue weighted by Crippen LogP contribution is -2.30. The van der Waals surface area contributed by atoms with Gasteiger partial charge in [0.25, 0.3) is 0 Å². The first-order valence-corrected chi connectivity index (χ1v) is 7.29. The number of aryl methyl sites for hydroxylation is 1. The summed E-state index contributed by atoms with van der Waals surface area (Å²) < 4.78 is 1.06. The van der Waals surface area contributed by atoms with E-state index >= 15 is 0 Å². The smallest absolute Gasteiger partial charge is 0.238 e. The van der Waals surface area contributed by atoms with Gasteiger partial charge < -0.3 is 5.32 Å². The Morgan fingerprint density at radius 1 is 1.39 bits per heavy atom. The van der Waals surface area contributed by atoms with Crippen LogP contribution in [-0.2, 0) is 11.2 Å².